The SMILES string of the molecule is CC(C)CN1CCOC(CSc2n[nH]c(-c3cccs3)n2)C1. The van der Waals surface area contributed by atoms with Gasteiger partial charge in [0.25, 0.3) is 0 Å². The Morgan fingerprint density at radius 1 is 1.55 bits per heavy atom. The first-order valence-electron chi connectivity index (χ1n) is 7.63. The highest BCUT2D eigenvalue weighted by molar-refractivity contribution is 7.99. The molecule has 7 heteroatoms. The van der Waals surface area contributed by atoms with Gasteiger partial charge < -0.3 is 4.74 Å². The number of aromatic amines is 1. The summed E-state index contributed by atoms with van der Waals surface area (Å²) >= 11 is 3.33. The summed E-state index contributed by atoms with van der Waals surface area (Å²) in [6.07, 6.45) is 0.265. The van der Waals surface area contributed by atoms with E-state index in [1.54, 1.807) is 23.1 Å². The largest absolute Gasteiger partial charge is 0.375 e. The van der Waals surface area contributed by atoms with Crippen LogP contribution in [-0.2, 0) is 4.74 Å². The Labute approximate surface area is 139 Å². The van der Waals surface area contributed by atoms with E-state index >= 15 is 0 Å². The number of H-pyrrole nitrogens is 1. The second-order valence-corrected chi connectivity index (χ2v) is 7.84. The minimum Gasteiger partial charge on any atom is -0.375 e. The van der Waals surface area contributed by atoms with Gasteiger partial charge in [0.15, 0.2) is 5.82 Å². The molecular weight excluding hydrogens is 316 g/mol. The third kappa shape index (κ3) is 4.32. The third-order valence-corrected chi connectivity index (χ3v) is 5.32. The van der Waals surface area contributed by atoms with Crippen LogP contribution in [0.25, 0.3) is 10.7 Å². The van der Waals surface area contributed by atoms with Crippen molar-refractivity contribution >= 4 is 23.1 Å². The molecule has 3 rings (SSSR count). The lowest BCUT2D eigenvalue weighted by molar-refractivity contribution is -0.0191. The summed E-state index contributed by atoms with van der Waals surface area (Å²) in [6, 6.07) is 4.07. The molecule has 1 atom stereocenters. The van der Waals surface area contributed by atoms with E-state index in [9.17, 15) is 0 Å². The fraction of sp³-hybridized carbons (Fsp3) is 0.600. The Morgan fingerprint density at radius 3 is 3.23 bits per heavy atom. The lowest BCUT2D eigenvalue weighted by Crippen LogP contribution is -2.44. The molecule has 2 aromatic rings. The van der Waals surface area contributed by atoms with E-state index in [-0.39, 0.29) is 6.10 Å². The van der Waals surface area contributed by atoms with E-state index in [1.165, 1.54) is 0 Å². The van der Waals surface area contributed by atoms with Crippen molar-refractivity contribution in [3.63, 3.8) is 0 Å². The number of hydrogen-bond acceptors (Lipinski definition) is 6. The smallest absolute Gasteiger partial charge is 0.208 e. The zero-order chi connectivity index (χ0) is 15.4. The van der Waals surface area contributed by atoms with E-state index in [1.807, 2.05) is 17.5 Å². The third-order valence-electron chi connectivity index (χ3n) is 3.46. The number of nitrogens with one attached hydrogen (secondary N) is 1. The number of nitrogens with zero attached hydrogens (tertiary/aromatic N) is 3. The molecule has 1 N–H and O–H groups in total. The van der Waals surface area contributed by atoms with Crippen LogP contribution in [0.2, 0.25) is 0 Å². The summed E-state index contributed by atoms with van der Waals surface area (Å²) in [5, 5.41) is 10.1. The van der Waals surface area contributed by atoms with Gasteiger partial charge in [0.2, 0.25) is 5.16 Å². The Balaban J connectivity index is 1.50. The second-order valence-electron chi connectivity index (χ2n) is 5.90. The lowest BCUT2D eigenvalue weighted by Gasteiger charge is -2.33. The first kappa shape index (κ1) is 16.0. The van der Waals surface area contributed by atoms with Crippen molar-refractivity contribution in [2.75, 3.05) is 32.0 Å². The minimum atomic E-state index is 0.265. The van der Waals surface area contributed by atoms with Gasteiger partial charge in [0, 0.05) is 25.4 Å². The van der Waals surface area contributed by atoms with Gasteiger partial charge in [-0.1, -0.05) is 31.7 Å². The fourth-order valence-corrected chi connectivity index (χ4v) is 4.03. The molecule has 1 unspecified atom stereocenters. The van der Waals surface area contributed by atoms with E-state index in [4.69, 9.17) is 4.74 Å². The van der Waals surface area contributed by atoms with Gasteiger partial charge in [-0.25, -0.2) is 4.98 Å². The average molecular weight is 339 g/mol. The van der Waals surface area contributed by atoms with Crippen LogP contribution in [0.15, 0.2) is 22.7 Å². The zero-order valence-corrected chi connectivity index (χ0v) is 14.6. The Kier molecular flexibility index (Phi) is 5.51. The van der Waals surface area contributed by atoms with Crippen molar-refractivity contribution in [2.24, 2.45) is 5.92 Å². The molecule has 0 amide bonds. The summed E-state index contributed by atoms with van der Waals surface area (Å²) in [5.41, 5.74) is 0. The van der Waals surface area contributed by atoms with Crippen LogP contribution < -0.4 is 0 Å². The molecule has 120 valence electrons. The van der Waals surface area contributed by atoms with Crippen LogP contribution >= 0.6 is 23.1 Å². The van der Waals surface area contributed by atoms with Crippen molar-refractivity contribution in [3.05, 3.63) is 17.5 Å². The predicted octanol–water partition coefficient (Wildman–Crippen LogP) is 2.98. The van der Waals surface area contributed by atoms with Gasteiger partial charge in [-0.15, -0.1) is 16.4 Å². The highest BCUT2D eigenvalue weighted by atomic mass is 32.2. The summed E-state index contributed by atoms with van der Waals surface area (Å²) in [6.45, 7) is 8.55. The van der Waals surface area contributed by atoms with Crippen LogP contribution in [0.3, 0.4) is 0 Å². The molecule has 0 radical (unpaired) electrons. The highest BCUT2D eigenvalue weighted by Gasteiger charge is 2.21. The van der Waals surface area contributed by atoms with Crippen LogP contribution in [0.1, 0.15) is 13.8 Å². The van der Waals surface area contributed by atoms with Crippen LogP contribution in [0, 0.1) is 5.92 Å². The van der Waals surface area contributed by atoms with Crippen molar-refractivity contribution in [1.29, 1.82) is 0 Å². The number of ether oxygens (including phenoxy) is 1. The summed E-state index contributed by atoms with van der Waals surface area (Å²) in [4.78, 5) is 8.16. The number of aromatic nitrogens is 3. The Morgan fingerprint density at radius 2 is 2.45 bits per heavy atom. The fourth-order valence-electron chi connectivity index (χ4n) is 2.57. The lowest BCUT2D eigenvalue weighted by atomic mass is 10.2. The molecule has 3 heterocycles. The van der Waals surface area contributed by atoms with Gasteiger partial charge in [0.1, 0.15) is 0 Å². The van der Waals surface area contributed by atoms with E-state index in [0.717, 1.165) is 47.9 Å². The van der Waals surface area contributed by atoms with Crippen molar-refractivity contribution < 1.29 is 4.74 Å². The first-order valence-corrected chi connectivity index (χ1v) is 9.50. The van der Waals surface area contributed by atoms with Gasteiger partial charge in [-0.3, -0.25) is 10.00 Å². The van der Waals surface area contributed by atoms with E-state index in [2.05, 4.69) is 33.9 Å². The van der Waals surface area contributed by atoms with Crippen molar-refractivity contribution in [3.8, 4) is 10.7 Å². The number of hydrogen-bond donors (Lipinski definition) is 1. The zero-order valence-electron chi connectivity index (χ0n) is 13.0. The molecule has 2 aromatic heterocycles. The topological polar surface area (TPSA) is 54.0 Å². The summed E-state index contributed by atoms with van der Waals surface area (Å²) < 4.78 is 5.86. The maximum atomic E-state index is 5.86. The maximum Gasteiger partial charge on any atom is 0.208 e. The predicted molar refractivity (Wildman–Crippen MR) is 91.4 cm³/mol. The first-order chi connectivity index (χ1) is 10.7. The van der Waals surface area contributed by atoms with E-state index in [0.29, 0.717) is 5.92 Å². The molecular formula is C15H22N4OS2. The minimum absolute atomic E-state index is 0.265. The van der Waals surface area contributed by atoms with Crippen LogP contribution in [0.5, 0.6) is 0 Å². The summed E-state index contributed by atoms with van der Waals surface area (Å²) in [5.74, 6) is 2.45. The second kappa shape index (κ2) is 7.59. The molecule has 1 fully saturated rings. The van der Waals surface area contributed by atoms with Crippen LogP contribution in [0.4, 0.5) is 0 Å². The van der Waals surface area contributed by atoms with Gasteiger partial charge in [0.05, 0.1) is 17.6 Å². The quantitative estimate of drug-likeness (QED) is 0.821. The molecule has 22 heavy (non-hydrogen) atoms. The Hall–Kier alpha value is -0.890. The van der Waals surface area contributed by atoms with Gasteiger partial charge >= 0.3 is 0 Å². The summed E-state index contributed by atoms with van der Waals surface area (Å²) in [7, 11) is 0. The molecule has 1 aliphatic rings. The molecule has 1 aliphatic heterocycles. The number of thioether (sulfide) groups is 1. The number of morpholine rings is 1. The molecule has 0 spiro atoms. The molecule has 0 saturated carbocycles. The molecule has 1 saturated heterocycles. The standard InChI is InChI=1S/C15H22N4OS2/c1-11(2)8-19-5-6-20-12(9-19)10-22-15-16-14(17-18-15)13-4-3-7-21-13/h3-4,7,11-12H,5-6,8-10H2,1-2H3,(H,16,17,18). The van der Waals surface area contributed by atoms with E-state index < -0.39 is 0 Å². The maximum absolute atomic E-state index is 5.86. The van der Waals surface area contributed by atoms with Gasteiger partial charge in [-0.05, 0) is 17.4 Å². The molecule has 0 aromatic carbocycles. The monoisotopic (exact) mass is 338 g/mol. The highest BCUT2D eigenvalue weighted by Crippen LogP contribution is 2.24. The molecule has 0 aliphatic carbocycles. The Bertz CT molecular complexity index is 570. The van der Waals surface area contributed by atoms with Crippen molar-refractivity contribution in [2.45, 2.75) is 25.1 Å². The average Bonchev–Trinajstić information content (AvgIpc) is 3.16. The molecule has 5 nitrogen and oxygen atoms in total. The number of thiophene rings is 1. The number of rotatable bonds is 6. The van der Waals surface area contributed by atoms with Gasteiger partial charge in [-0.2, -0.15) is 0 Å². The molecule has 0 bridgehead atoms. The van der Waals surface area contributed by atoms with Crippen molar-refractivity contribution in [1.82, 2.24) is 20.1 Å². The normalized spacial score (nSPS) is 19.9. The van der Waals surface area contributed by atoms with Crippen LogP contribution in [-0.4, -0.2) is 58.2 Å².